The fourth-order valence-electron chi connectivity index (χ4n) is 3.37. The molecule has 0 saturated carbocycles. The quantitative estimate of drug-likeness (QED) is 0.0688. The lowest BCUT2D eigenvalue weighted by Crippen LogP contribution is -1.98. The van der Waals surface area contributed by atoms with E-state index in [2.05, 4.69) is 20.8 Å². The second-order valence-corrected chi connectivity index (χ2v) is 12.7. The van der Waals surface area contributed by atoms with Gasteiger partial charge in [-0.2, -0.15) is 0 Å². The summed E-state index contributed by atoms with van der Waals surface area (Å²) in [7, 11) is -9.81. The average Bonchev–Trinajstić information content (AvgIpc) is 2.82. The zero-order valence-corrected chi connectivity index (χ0v) is 25.1. The molecule has 0 aromatic rings. The normalized spacial score (nSPS) is 14.1. The lowest BCUT2D eigenvalue weighted by molar-refractivity contribution is 0.181. The zero-order chi connectivity index (χ0) is 26.0. The van der Waals surface area contributed by atoms with Crippen molar-refractivity contribution in [2.24, 2.45) is 0 Å². The summed E-state index contributed by atoms with van der Waals surface area (Å²) in [5.41, 5.74) is 0. The molecule has 0 aromatic carbocycles. The second-order valence-electron chi connectivity index (χ2n) is 8.86. The average molecular weight is 561 g/mol. The molecular formula is C24H51O8P3+2. The second kappa shape index (κ2) is 25.9. The Bertz CT molecular complexity index is 527. The fourth-order valence-corrected chi connectivity index (χ4v) is 6.73. The van der Waals surface area contributed by atoms with Crippen molar-refractivity contribution in [2.75, 3.05) is 19.8 Å². The van der Waals surface area contributed by atoms with Crippen LogP contribution in [0.3, 0.4) is 0 Å². The third-order valence-corrected chi connectivity index (χ3v) is 9.42. The van der Waals surface area contributed by atoms with Gasteiger partial charge in [0.05, 0.1) is 6.61 Å². The number of hydrogen-bond donors (Lipinski definition) is 0. The van der Waals surface area contributed by atoms with E-state index in [-0.39, 0.29) is 19.8 Å². The topological polar surface area (TPSA) is 97.4 Å². The van der Waals surface area contributed by atoms with E-state index in [1.165, 1.54) is 44.9 Å². The number of rotatable bonds is 28. The van der Waals surface area contributed by atoms with Crippen LogP contribution in [0, 0.1) is 0 Å². The molecule has 0 aliphatic heterocycles. The van der Waals surface area contributed by atoms with Gasteiger partial charge < -0.3 is 0 Å². The smallest absolute Gasteiger partial charge is 0.282 e. The maximum Gasteiger partial charge on any atom is 0.708 e. The third-order valence-electron chi connectivity index (χ3n) is 5.47. The molecule has 0 bridgehead atoms. The van der Waals surface area contributed by atoms with Crippen LogP contribution in [0.5, 0.6) is 0 Å². The first-order valence-electron chi connectivity index (χ1n) is 13.8. The predicted octanol–water partition coefficient (Wildman–Crippen LogP) is 10.6. The Morgan fingerprint density at radius 2 is 0.800 bits per heavy atom. The van der Waals surface area contributed by atoms with Gasteiger partial charge in [0.1, 0.15) is 13.2 Å². The Labute approximate surface area is 216 Å². The van der Waals surface area contributed by atoms with Gasteiger partial charge in [0.15, 0.2) is 0 Å². The molecule has 11 heteroatoms. The zero-order valence-electron chi connectivity index (χ0n) is 22.5. The van der Waals surface area contributed by atoms with Crippen LogP contribution in [0.2, 0.25) is 0 Å². The van der Waals surface area contributed by atoms with E-state index in [4.69, 9.17) is 22.2 Å². The summed E-state index contributed by atoms with van der Waals surface area (Å²) < 4.78 is 63.0. The fraction of sp³-hybridized carbons (Fsp3) is 1.00. The Morgan fingerprint density at radius 3 is 1.17 bits per heavy atom. The van der Waals surface area contributed by atoms with Crippen LogP contribution in [-0.4, -0.2) is 19.8 Å². The molecule has 8 nitrogen and oxygen atoms in total. The number of hydrogen-bond acceptors (Lipinski definition) is 8. The molecule has 0 fully saturated rings. The largest absolute Gasteiger partial charge is 0.708 e. The Balaban J connectivity index is 4.44. The lowest BCUT2D eigenvalue weighted by Gasteiger charge is -2.06. The minimum absolute atomic E-state index is 0.0879. The van der Waals surface area contributed by atoms with E-state index in [0.717, 1.165) is 64.2 Å². The van der Waals surface area contributed by atoms with Gasteiger partial charge in [-0.3, -0.25) is 4.52 Å². The van der Waals surface area contributed by atoms with Crippen molar-refractivity contribution in [1.29, 1.82) is 0 Å². The van der Waals surface area contributed by atoms with E-state index < -0.39 is 24.3 Å². The minimum Gasteiger partial charge on any atom is -0.282 e. The van der Waals surface area contributed by atoms with Gasteiger partial charge in [-0.25, -0.2) is 4.57 Å². The van der Waals surface area contributed by atoms with E-state index in [1.807, 2.05) is 0 Å². The molecular weight excluding hydrogens is 509 g/mol. The van der Waals surface area contributed by atoms with Gasteiger partial charge >= 0.3 is 24.3 Å². The summed E-state index contributed by atoms with van der Waals surface area (Å²) in [5.74, 6) is 0. The molecule has 0 amide bonds. The van der Waals surface area contributed by atoms with Gasteiger partial charge in [-0.1, -0.05) is 117 Å². The summed E-state index contributed by atoms with van der Waals surface area (Å²) in [5, 5.41) is 0. The van der Waals surface area contributed by atoms with Crippen LogP contribution in [0.15, 0.2) is 0 Å². The van der Waals surface area contributed by atoms with Gasteiger partial charge in [-0.05, 0) is 19.3 Å². The van der Waals surface area contributed by atoms with Crippen LogP contribution in [-0.2, 0) is 35.9 Å². The molecule has 35 heavy (non-hydrogen) atoms. The molecule has 0 rings (SSSR count). The lowest BCUT2D eigenvalue weighted by atomic mass is 10.1. The van der Waals surface area contributed by atoms with Crippen LogP contribution >= 0.6 is 24.3 Å². The molecule has 0 aromatic heterocycles. The summed E-state index contributed by atoms with van der Waals surface area (Å²) >= 11 is 0. The summed E-state index contributed by atoms with van der Waals surface area (Å²) in [4.78, 5) is 0. The minimum atomic E-state index is -4.35. The third kappa shape index (κ3) is 24.3. The molecule has 0 heterocycles. The van der Waals surface area contributed by atoms with Crippen molar-refractivity contribution < 1.29 is 35.9 Å². The molecule has 2 unspecified atom stereocenters. The molecule has 0 radical (unpaired) electrons. The van der Waals surface area contributed by atoms with Crippen LogP contribution in [0.4, 0.5) is 0 Å². The summed E-state index contributed by atoms with van der Waals surface area (Å²) in [6, 6.07) is 0. The van der Waals surface area contributed by atoms with Gasteiger partial charge in [0.2, 0.25) is 0 Å². The first-order valence-corrected chi connectivity index (χ1v) is 17.5. The standard InChI is InChI=1S/C24H51O8P3/c1-4-7-10-13-16-19-22-28-33(25)31-35(27,30-24-21-18-15-12-9-6-3)32-34(26)29-23-20-17-14-11-8-5-2/h4-24H2,1-3H3/q+2. The van der Waals surface area contributed by atoms with Crippen molar-refractivity contribution >= 4 is 24.3 Å². The van der Waals surface area contributed by atoms with Gasteiger partial charge in [-0.15, -0.1) is 9.05 Å². The number of unbranched alkanes of at least 4 members (excludes halogenated alkanes) is 15. The Hall–Kier alpha value is 0.230. The van der Waals surface area contributed by atoms with Crippen molar-refractivity contribution in [3.63, 3.8) is 0 Å². The van der Waals surface area contributed by atoms with Crippen molar-refractivity contribution in [2.45, 2.75) is 136 Å². The van der Waals surface area contributed by atoms with E-state index >= 15 is 0 Å². The Kier molecular flexibility index (Phi) is 26.0. The molecule has 0 spiro atoms. The van der Waals surface area contributed by atoms with Crippen LogP contribution in [0.25, 0.3) is 0 Å². The first kappa shape index (κ1) is 35.2. The molecule has 208 valence electrons. The molecule has 0 aliphatic rings. The van der Waals surface area contributed by atoms with Gasteiger partial charge in [0, 0.05) is 17.8 Å². The highest BCUT2D eigenvalue weighted by Gasteiger charge is 2.49. The SMILES string of the molecule is CCCCCCCCO[P+](=O)OP(=O)(OCCCCCCCC)O[P+](=O)OCCCCCCCC. The maximum absolute atomic E-state index is 13.0. The predicted molar refractivity (Wildman–Crippen MR) is 143 cm³/mol. The monoisotopic (exact) mass is 560 g/mol. The van der Waals surface area contributed by atoms with Crippen molar-refractivity contribution in [3.8, 4) is 0 Å². The highest BCUT2D eigenvalue weighted by Crippen LogP contribution is 2.62. The summed E-state index contributed by atoms with van der Waals surface area (Å²) in [6.45, 7) is 7.00. The van der Waals surface area contributed by atoms with Crippen molar-refractivity contribution in [3.05, 3.63) is 0 Å². The highest BCUT2D eigenvalue weighted by atomic mass is 31.3. The van der Waals surface area contributed by atoms with E-state index in [1.54, 1.807) is 0 Å². The number of phosphoric acid groups is 1. The van der Waals surface area contributed by atoms with E-state index in [0.29, 0.717) is 6.42 Å². The van der Waals surface area contributed by atoms with E-state index in [9.17, 15) is 13.7 Å². The first-order chi connectivity index (χ1) is 17.0. The Morgan fingerprint density at radius 1 is 0.486 bits per heavy atom. The summed E-state index contributed by atoms with van der Waals surface area (Å²) in [6.07, 6.45) is 18.7. The molecule has 0 N–H and O–H groups in total. The highest BCUT2D eigenvalue weighted by molar-refractivity contribution is 7.61. The van der Waals surface area contributed by atoms with Crippen LogP contribution in [0.1, 0.15) is 136 Å². The van der Waals surface area contributed by atoms with Gasteiger partial charge in [0.25, 0.3) is 0 Å². The van der Waals surface area contributed by atoms with Crippen molar-refractivity contribution in [1.82, 2.24) is 0 Å². The molecule has 2 atom stereocenters. The van der Waals surface area contributed by atoms with Crippen LogP contribution < -0.4 is 0 Å². The molecule has 0 aliphatic carbocycles. The molecule has 0 saturated heterocycles. The maximum atomic E-state index is 13.0.